The first-order chi connectivity index (χ1) is 11.6. The standard InChI is InChI=1S/C20H24F2N2/c1-16(7-8-17-5-3-2-4-6-17)23-11-13-24(14-12-23)20-10-9-18(21)15-19(20)22/h2-6,9-10,15-16H,7-8,11-14H2,1H3. The maximum absolute atomic E-state index is 13.9. The average molecular weight is 330 g/mol. The number of hydrogen-bond donors (Lipinski definition) is 0. The maximum Gasteiger partial charge on any atom is 0.149 e. The van der Waals surface area contributed by atoms with Crippen molar-refractivity contribution in [2.45, 2.75) is 25.8 Å². The van der Waals surface area contributed by atoms with Gasteiger partial charge in [0, 0.05) is 38.3 Å². The van der Waals surface area contributed by atoms with Crippen molar-refractivity contribution in [1.29, 1.82) is 0 Å². The minimum Gasteiger partial charge on any atom is -0.367 e. The van der Waals surface area contributed by atoms with Crippen LogP contribution in [0.4, 0.5) is 14.5 Å². The molecule has 2 aromatic carbocycles. The van der Waals surface area contributed by atoms with Crippen molar-refractivity contribution in [3.05, 3.63) is 65.7 Å². The van der Waals surface area contributed by atoms with Gasteiger partial charge in [0.25, 0.3) is 0 Å². The number of benzene rings is 2. The van der Waals surface area contributed by atoms with Gasteiger partial charge in [0.1, 0.15) is 11.6 Å². The van der Waals surface area contributed by atoms with Gasteiger partial charge in [0.15, 0.2) is 0 Å². The Balaban J connectivity index is 1.51. The van der Waals surface area contributed by atoms with Crippen LogP contribution in [0.3, 0.4) is 0 Å². The van der Waals surface area contributed by atoms with Gasteiger partial charge in [-0.25, -0.2) is 8.78 Å². The Labute approximate surface area is 142 Å². The topological polar surface area (TPSA) is 6.48 Å². The molecule has 1 unspecified atom stereocenters. The molecule has 0 N–H and O–H groups in total. The Morgan fingerprint density at radius 2 is 1.67 bits per heavy atom. The summed E-state index contributed by atoms with van der Waals surface area (Å²) in [5, 5.41) is 0. The van der Waals surface area contributed by atoms with E-state index in [-0.39, 0.29) is 0 Å². The van der Waals surface area contributed by atoms with E-state index in [1.165, 1.54) is 11.6 Å². The molecule has 128 valence electrons. The van der Waals surface area contributed by atoms with Gasteiger partial charge >= 0.3 is 0 Å². The molecule has 1 saturated heterocycles. The molecule has 1 aliphatic heterocycles. The fraction of sp³-hybridized carbons (Fsp3) is 0.400. The van der Waals surface area contributed by atoms with Gasteiger partial charge in [0.2, 0.25) is 0 Å². The number of piperazine rings is 1. The normalized spacial score (nSPS) is 17.0. The molecule has 1 atom stereocenters. The summed E-state index contributed by atoms with van der Waals surface area (Å²) in [5.74, 6) is -0.995. The van der Waals surface area contributed by atoms with Gasteiger partial charge in [-0.15, -0.1) is 0 Å². The lowest BCUT2D eigenvalue weighted by Crippen LogP contribution is -2.50. The molecule has 0 bridgehead atoms. The smallest absolute Gasteiger partial charge is 0.149 e. The van der Waals surface area contributed by atoms with Crippen LogP contribution in [0.25, 0.3) is 0 Å². The third-order valence-electron chi connectivity index (χ3n) is 4.88. The van der Waals surface area contributed by atoms with Crippen LogP contribution in [0.1, 0.15) is 18.9 Å². The minimum atomic E-state index is -0.524. The van der Waals surface area contributed by atoms with E-state index in [1.807, 2.05) is 11.0 Å². The Bertz CT molecular complexity index is 652. The Hall–Kier alpha value is -1.94. The Kier molecular flexibility index (Phi) is 5.46. The van der Waals surface area contributed by atoms with Crippen LogP contribution in [0.2, 0.25) is 0 Å². The fourth-order valence-electron chi connectivity index (χ4n) is 3.34. The second kappa shape index (κ2) is 7.75. The maximum atomic E-state index is 13.9. The Morgan fingerprint density at radius 3 is 2.33 bits per heavy atom. The van der Waals surface area contributed by atoms with E-state index >= 15 is 0 Å². The first-order valence-electron chi connectivity index (χ1n) is 8.61. The van der Waals surface area contributed by atoms with E-state index in [0.29, 0.717) is 11.7 Å². The molecule has 1 aliphatic rings. The minimum absolute atomic E-state index is 0.472. The lowest BCUT2D eigenvalue weighted by Gasteiger charge is -2.39. The number of nitrogens with zero attached hydrogens (tertiary/aromatic N) is 2. The molecule has 2 nitrogen and oxygen atoms in total. The number of rotatable bonds is 5. The lowest BCUT2D eigenvalue weighted by molar-refractivity contribution is 0.188. The summed E-state index contributed by atoms with van der Waals surface area (Å²) in [6.07, 6.45) is 2.20. The highest BCUT2D eigenvalue weighted by Crippen LogP contribution is 2.22. The van der Waals surface area contributed by atoms with Crippen LogP contribution in [-0.4, -0.2) is 37.1 Å². The van der Waals surface area contributed by atoms with Crippen molar-refractivity contribution in [1.82, 2.24) is 4.90 Å². The fourth-order valence-corrected chi connectivity index (χ4v) is 3.34. The van der Waals surface area contributed by atoms with E-state index in [1.54, 1.807) is 6.07 Å². The summed E-state index contributed by atoms with van der Waals surface area (Å²) in [6.45, 7) is 5.63. The molecule has 24 heavy (non-hydrogen) atoms. The van der Waals surface area contributed by atoms with Gasteiger partial charge < -0.3 is 4.90 Å². The van der Waals surface area contributed by atoms with Crippen LogP contribution in [0, 0.1) is 11.6 Å². The molecule has 0 saturated carbocycles. The second-order valence-corrected chi connectivity index (χ2v) is 6.49. The molecule has 4 heteroatoms. The van der Waals surface area contributed by atoms with Crippen LogP contribution >= 0.6 is 0 Å². The second-order valence-electron chi connectivity index (χ2n) is 6.49. The highest BCUT2D eigenvalue weighted by atomic mass is 19.1. The number of anilines is 1. The van der Waals surface area contributed by atoms with Gasteiger partial charge in [-0.1, -0.05) is 30.3 Å². The molecule has 1 fully saturated rings. The predicted molar refractivity (Wildman–Crippen MR) is 94.4 cm³/mol. The third-order valence-corrected chi connectivity index (χ3v) is 4.88. The van der Waals surface area contributed by atoms with E-state index in [9.17, 15) is 8.78 Å². The number of hydrogen-bond acceptors (Lipinski definition) is 2. The first kappa shape index (κ1) is 16.9. The highest BCUT2D eigenvalue weighted by Gasteiger charge is 2.22. The molecule has 0 radical (unpaired) electrons. The zero-order valence-electron chi connectivity index (χ0n) is 14.1. The molecule has 0 amide bonds. The van der Waals surface area contributed by atoms with Crippen molar-refractivity contribution in [3.63, 3.8) is 0 Å². The van der Waals surface area contributed by atoms with E-state index < -0.39 is 11.6 Å². The zero-order chi connectivity index (χ0) is 16.9. The summed E-state index contributed by atoms with van der Waals surface area (Å²) in [5.41, 5.74) is 1.88. The summed E-state index contributed by atoms with van der Waals surface area (Å²) in [7, 11) is 0. The van der Waals surface area contributed by atoms with Gasteiger partial charge in [-0.05, 0) is 37.5 Å². The SMILES string of the molecule is CC(CCc1ccccc1)N1CCN(c2ccc(F)cc2F)CC1. The Morgan fingerprint density at radius 1 is 0.958 bits per heavy atom. The summed E-state index contributed by atoms with van der Waals surface area (Å²) < 4.78 is 26.9. The van der Waals surface area contributed by atoms with E-state index in [0.717, 1.165) is 45.1 Å². The molecule has 0 spiro atoms. The van der Waals surface area contributed by atoms with Crippen molar-refractivity contribution in [2.24, 2.45) is 0 Å². The van der Waals surface area contributed by atoms with Crippen molar-refractivity contribution in [2.75, 3.05) is 31.1 Å². The van der Waals surface area contributed by atoms with Crippen molar-refractivity contribution < 1.29 is 8.78 Å². The first-order valence-corrected chi connectivity index (χ1v) is 8.61. The molecule has 2 aromatic rings. The zero-order valence-corrected chi connectivity index (χ0v) is 14.1. The van der Waals surface area contributed by atoms with Crippen molar-refractivity contribution in [3.8, 4) is 0 Å². The number of aryl methyl sites for hydroxylation is 1. The average Bonchev–Trinajstić information content (AvgIpc) is 2.61. The highest BCUT2D eigenvalue weighted by molar-refractivity contribution is 5.48. The largest absolute Gasteiger partial charge is 0.367 e. The van der Waals surface area contributed by atoms with Gasteiger partial charge in [-0.3, -0.25) is 4.90 Å². The van der Waals surface area contributed by atoms with Crippen LogP contribution in [-0.2, 0) is 6.42 Å². The number of halogens is 2. The van der Waals surface area contributed by atoms with Crippen LogP contribution in [0.5, 0.6) is 0 Å². The molecule has 0 aromatic heterocycles. The van der Waals surface area contributed by atoms with Gasteiger partial charge in [0.05, 0.1) is 5.69 Å². The van der Waals surface area contributed by atoms with Crippen LogP contribution < -0.4 is 4.90 Å². The van der Waals surface area contributed by atoms with Gasteiger partial charge in [-0.2, -0.15) is 0 Å². The molecule has 0 aliphatic carbocycles. The van der Waals surface area contributed by atoms with Crippen LogP contribution in [0.15, 0.2) is 48.5 Å². The predicted octanol–water partition coefficient (Wildman–Crippen LogP) is 4.11. The monoisotopic (exact) mass is 330 g/mol. The molecular formula is C20H24F2N2. The van der Waals surface area contributed by atoms with E-state index in [2.05, 4.69) is 36.1 Å². The summed E-state index contributed by atoms with van der Waals surface area (Å²) >= 11 is 0. The summed E-state index contributed by atoms with van der Waals surface area (Å²) in [6, 6.07) is 14.9. The molecule has 3 rings (SSSR count). The van der Waals surface area contributed by atoms with E-state index in [4.69, 9.17) is 0 Å². The third kappa shape index (κ3) is 4.12. The lowest BCUT2D eigenvalue weighted by atomic mass is 10.0. The summed E-state index contributed by atoms with van der Waals surface area (Å²) in [4.78, 5) is 4.47. The molecular weight excluding hydrogens is 306 g/mol. The van der Waals surface area contributed by atoms with Crippen molar-refractivity contribution >= 4 is 5.69 Å². The quantitative estimate of drug-likeness (QED) is 0.814. The molecule has 1 heterocycles.